The lowest BCUT2D eigenvalue weighted by Gasteiger charge is -2.07. The highest BCUT2D eigenvalue weighted by atomic mass is 16.6. The number of ether oxygens (including phenoxy) is 3. The van der Waals surface area contributed by atoms with Crippen LogP contribution >= 0.6 is 0 Å². The predicted octanol–water partition coefficient (Wildman–Crippen LogP) is 8.40. The molecule has 0 atom stereocenters. The van der Waals surface area contributed by atoms with Crippen LogP contribution in [0.2, 0.25) is 0 Å². The molecule has 0 aliphatic rings. The molecule has 0 rings (SSSR count). The minimum Gasteiger partial charge on any atom is -0.463 e. The molecule has 4 heteroatoms. The second-order valence-corrected chi connectivity index (χ2v) is 9.21. The molecule has 0 aromatic rings. The van der Waals surface area contributed by atoms with Crippen molar-refractivity contribution in [2.24, 2.45) is 0 Å². The number of esters is 1. The van der Waals surface area contributed by atoms with Crippen LogP contribution in [-0.4, -0.2) is 39.0 Å². The summed E-state index contributed by atoms with van der Waals surface area (Å²) in [6.07, 6.45) is 25.4. The summed E-state index contributed by atoms with van der Waals surface area (Å²) in [5.74, 6) is -0.0870. The fourth-order valence-corrected chi connectivity index (χ4v) is 3.88. The van der Waals surface area contributed by atoms with Crippen LogP contribution in [0.1, 0.15) is 142 Å². The van der Waals surface area contributed by atoms with Crippen LogP contribution in [0.25, 0.3) is 0 Å². The lowest BCUT2D eigenvalue weighted by Crippen LogP contribution is -2.13. The van der Waals surface area contributed by atoms with Crippen molar-refractivity contribution in [3.63, 3.8) is 0 Å². The van der Waals surface area contributed by atoms with Crippen molar-refractivity contribution >= 4 is 5.97 Å². The van der Waals surface area contributed by atoms with Crippen LogP contribution in [0, 0.1) is 0 Å². The number of carbonyl (C=O) groups is 1. The van der Waals surface area contributed by atoms with Crippen molar-refractivity contribution in [2.45, 2.75) is 142 Å². The van der Waals surface area contributed by atoms with Gasteiger partial charge in [0.15, 0.2) is 0 Å². The van der Waals surface area contributed by atoms with E-state index in [0.717, 1.165) is 25.9 Å². The van der Waals surface area contributed by atoms with E-state index in [2.05, 4.69) is 13.8 Å². The van der Waals surface area contributed by atoms with E-state index in [-0.39, 0.29) is 5.97 Å². The molecule has 0 spiro atoms. The largest absolute Gasteiger partial charge is 0.463 e. The van der Waals surface area contributed by atoms with Crippen molar-refractivity contribution < 1.29 is 19.0 Å². The molecule has 32 heavy (non-hydrogen) atoms. The first kappa shape index (κ1) is 31.4. The fraction of sp³-hybridized carbons (Fsp3) is 0.964. The first-order chi connectivity index (χ1) is 15.8. The molecule has 0 saturated heterocycles. The molecule has 0 bridgehead atoms. The second kappa shape index (κ2) is 28.4. The van der Waals surface area contributed by atoms with Gasteiger partial charge in [0, 0.05) is 13.0 Å². The average Bonchev–Trinajstić information content (AvgIpc) is 2.80. The molecule has 192 valence electrons. The maximum Gasteiger partial charge on any atom is 0.305 e. The minimum atomic E-state index is -0.0870. The molecule has 0 unspecified atom stereocenters. The summed E-state index contributed by atoms with van der Waals surface area (Å²) in [6.45, 7) is 7.36. The van der Waals surface area contributed by atoms with Gasteiger partial charge in [-0.1, -0.05) is 123 Å². The molecule has 0 fully saturated rings. The van der Waals surface area contributed by atoms with Gasteiger partial charge in [-0.15, -0.1) is 0 Å². The Morgan fingerprint density at radius 2 is 0.812 bits per heavy atom. The topological polar surface area (TPSA) is 44.8 Å². The summed E-state index contributed by atoms with van der Waals surface area (Å²) < 4.78 is 16.3. The Kier molecular flexibility index (Phi) is 27.9. The van der Waals surface area contributed by atoms with Gasteiger partial charge in [-0.3, -0.25) is 4.79 Å². The number of carbonyl (C=O) groups excluding carboxylic acids is 1. The Morgan fingerprint density at radius 1 is 0.438 bits per heavy atom. The highest BCUT2D eigenvalue weighted by Crippen LogP contribution is 2.13. The highest BCUT2D eigenvalue weighted by Gasteiger charge is 2.02. The molecule has 0 heterocycles. The summed E-state index contributed by atoms with van der Waals surface area (Å²) >= 11 is 0. The lowest BCUT2D eigenvalue weighted by atomic mass is 10.0. The van der Waals surface area contributed by atoms with Gasteiger partial charge in [0.2, 0.25) is 0 Å². The molecule has 0 radical (unpaired) electrons. The number of hydrogen-bond acceptors (Lipinski definition) is 4. The molecule has 0 aliphatic heterocycles. The van der Waals surface area contributed by atoms with E-state index in [1.807, 2.05) is 0 Å². The third kappa shape index (κ3) is 27.4. The maximum absolute atomic E-state index is 11.7. The third-order valence-corrected chi connectivity index (χ3v) is 5.99. The third-order valence-electron chi connectivity index (χ3n) is 5.99. The van der Waals surface area contributed by atoms with E-state index >= 15 is 0 Å². The van der Waals surface area contributed by atoms with E-state index in [1.54, 1.807) is 0 Å². The zero-order chi connectivity index (χ0) is 23.4. The SMILES string of the molecule is CCCCCCCCCCCCCCCC(=O)OCCOCCOCCCCCCCC. The van der Waals surface area contributed by atoms with Crippen molar-refractivity contribution in [3.05, 3.63) is 0 Å². The Labute approximate surface area is 200 Å². The Bertz CT molecular complexity index is 327. The summed E-state index contributed by atoms with van der Waals surface area (Å²) in [6, 6.07) is 0. The van der Waals surface area contributed by atoms with Gasteiger partial charge >= 0.3 is 5.97 Å². The van der Waals surface area contributed by atoms with Gasteiger partial charge in [0.1, 0.15) is 6.61 Å². The predicted molar refractivity (Wildman–Crippen MR) is 136 cm³/mol. The van der Waals surface area contributed by atoms with E-state index in [1.165, 1.54) is 103 Å². The fourth-order valence-electron chi connectivity index (χ4n) is 3.88. The van der Waals surface area contributed by atoms with Crippen molar-refractivity contribution in [1.82, 2.24) is 0 Å². The maximum atomic E-state index is 11.7. The van der Waals surface area contributed by atoms with Gasteiger partial charge in [0.25, 0.3) is 0 Å². The van der Waals surface area contributed by atoms with E-state index in [0.29, 0.717) is 32.8 Å². The Balaban J connectivity index is 3.14. The van der Waals surface area contributed by atoms with Crippen LogP contribution in [0.5, 0.6) is 0 Å². The standard InChI is InChI=1S/C28H56O4/c1-3-5-7-9-11-12-13-14-15-16-17-18-20-22-28(29)32-27-26-31-25-24-30-23-21-19-10-8-6-4-2/h3-27H2,1-2H3. The number of unbranched alkanes of at least 4 members (excludes halogenated alkanes) is 17. The van der Waals surface area contributed by atoms with Crippen LogP contribution in [-0.2, 0) is 19.0 Å². The van der Waals surface area contributed by atoms with Crippen molar-refractivity contribution in [1.29, 1.82) is 0 Å². The van der Waals surface area contributed by atoms with Crippen LogP contribution in [0.3, 0.4) is 0 Å². The molecule has 0 saturated carbocycles. The lowest BCUT2D eigenvalue weighted by molar-refractivity contribution is -0.145. The van der Waals surface area contributed by atoms with Gasteiger partial charge in [-0.05, 0) is 12.8 Å². The molecule has 0 amide bonds. The molecular weight excluding hydrogens is 400 g/mol. The van der Waals surface area contributed by atoms with E-state index in [4.69, 9.17) is 14.2 Å². The summed E-state index contributed by atoms with van der Waals surface area (Å²) in [5.41, 5.74) is 0. The van der Waals surface area contributed by atoms with Crippen LogP contribution < -0.4 is 0 Å². The smallest absolute Gasteiger partial charge is 0.305 e. The second-order valence-electron chi connectivity index (χ2n) is 9.21. The Morgan fingerprint density at radius 3 is 1.31 bits per heavy atom. The van der Waals surface area contributed by atoms with Crippen LogP contribution in [0.15, 0.2) is 0 Å². The Hall–Kier alpha value is -0.610. The van der Waals surface area contributed by atoms with Crippen LogP contribution in [0.4, 0.5) is 0 Å². The summed E-state index contributed by atoms with van der Waals surface area (Å²) in [4.78, 5) is 11.7. The number of hydrogen-bond donors (Lipinski definition) is 0. The molecular formula is C28H56O4. The van der Waals surface area contributed by atoms with Gasteiger partial charge in [0.05, 0.1) is 19.8 Å². The van der Waals surface area contributed by atoms with Crippen molar-refractivity contribution in [3.8, 4) is 0 Å². The first-order valence-electron chi connectivity index (χ1n) is 14.1. The summed E-state index contributed by atoms with van der Waals surface area (Å²) in [7, 11) is 0. The molecule has 0 N–H and O–H groups in total. The molecule has 0 aromatic heterocycles. The van der Waals surface area contributed by atoms with Gasteiger partial charge < -0.3 is 14.2 Å². The number of rotatable bonds is 27. The monoisotopic (exact) mass is 456 g/mol. The van der Waals surface area contributed by atoms with Crippen molar-refractivity contribution in [2.75, 3.05) is 33.0 Å². The van der Waals surface area contributed by atoms with E-state index in [9.17, 15) is 4.79 Å². The molecule has 0 aromatic carbocycles. The summed E-state index contributed by atoms with van der Waals surface area (Å²) in [5, 5.41) is 0. The molecule has 0 aliphatic carbocycles. The zero-order valence-electron chi connectivity index (χ0n) is 21.8. The van der Waals surface area contributed by atoms with E-state index < -0.39 is 0 Å². The zero-order valence-corrected chi connectivity index (χ0v) is 21.8. The van der Waals surface area contributed by atoms with Gasteiger partial charge in [-0.2, -0.15) is 0 Å². The molecule has 4 nitrogen and oxygen atoms in total. The minimum absolute atomic E-state index is 0.0870. The average molecular weight is 457 g/mol. The quantitative estimate of drug-likeness (QED) is 0.0919. The normalized spacial score (nSPS) is 11.2. The van der Waals surface area contributed by atoms with Gasteiger partial charge in [-0.25, -0.2) is 0 Å². The first-order valence-corrected chi connectivity index (χ1v) is 14.1. The highest BCUT2D eigenvalue weighted by molar-refractivity contribution is 5.69.